The Kier molecular flexibility index (Phi) is 9.53. The number of carboxylic acid groups (broad SMARTS) is 2. The summed E-state index contributed by atoms with van der Waals surface area (Å²) >= 11 is 0. The number of hydrogen-bond acceptors (Lipinski definition) is 5. The summed E-state index contributed by atoms with van der Waals surface area (Å²) in [6.45, 7) is 13.8. The average molecular weight is 379 g/mol. The largest absolute Gasteiger partial charge is 0.492 e. The van der Waals surface area contributed by atoms with E-state index in [9.17, 15) is 0 Å². The zero-order valence-electron chi connectivity index (χ0n) is 16.2. The zero-order chi connectivity index (χ0) is 20.4. The van der Waals surface area contributed by atoms with Gasteiger partial charge in [-0.2, -0.15) is 0 Å². The first-order valence-electron chi connectivity index (χ1n) is 8.90. The van der Waals surface area contributed by atoms with Crippen LogP contribution in [0.25, 0.3) is 0 Å². The number of nitrogens with zero attached hydrogens (tertiary/aromatic N) is 1. The number of aryl methyl sites for hydroxylation is 1. The molecule has 7 heteroatoms. The van der Waals surface area contributed by atoms with Crippen LogP contribution < -0.4 is 4.74 Å². The molecule has 0 aliphatic carbocycles. The van der Waals surface area contributed by atoms with Gasteiger partial charge in [0.2, 0.25) is 0 Å². The number of morpholine rings is 1. The van der Waals surface area contributed by atoms with Gasteiger partial charge in [0.15, 0.2) is 0 Å². The molecule has 0 bridgehead atoms. The highest BCUT2D eigenvalue weighted by molar-refractivity contribution is 6.27. The second kappa shape index (κ2) is 11.4. The van der Waals surface area contributed by atoms with Crippen LogP contribution in [0.4, 0.5) is 0 Å². The molecule has 2 rings (SSSR count). The molecule has 0 spiro atoms. The second-order valence-corrected chi connectivity index (χ2v) is 6.58. The fraction of sp³-hybridized carbons (Fsp3) is 0.500. The van der Waals surface area contributed by atoms with Crippen molar-refractivity contribution in [3.63, 3.8) is 0 Å². The van der Waals surface area contributed by atoms with Crippen molar-refractivity contribution in [3.8, 4) is 5.75 Å². The molecule has 0 saturated carbocycles. The van der Waals surface area contributed by atoms with Crippen molar-refractivity contribution in [2.75, 3.05) is 26.2 Å². The van der Waals surface area contributed by atoms with Crippen LogP contribution in [-0.4, -0.2) is 65.5 Å². The smallest absolute Gasteiger partial charge is 0.414 e. The molecule has 1 aliphatic heterocycles. The summed E-state index contributed by atoms with van der Waals surface area (Å²) in [6, 6.07) is 6.34. The molecular formula is C20H29NO6. The van der Waals surface area contributed by atoms with Gasteiger partial charge in [-0.15, -0.1) is 6.58 Å². The van der Waals surface area contributed by atoms with Crippen LogP contribution in [0.1, 0.15) is 25.0 Å². The normalized spacial score (nSPS) is 19.5. The van der Waals surface area contributed by atoms with E-state index < -0.39 is 11.9 Å². The van der Waals surface area contributed by atoms with Gasteiger partial charge in [-0.05, 0) is 38.8 Å². The Morgan fingerprint density at radius 2 is 1.85 bits per heavy atom. The van der Waals surface area contributed by atoms with Gasteiger partial charge >= 0.3 is 11.9 Å². The van der Waals surface area contributed by atoms with E-state index >= 15 is 0 Å². The minimum atomic E-state index is -1.82. The van der Waals surface area contributed by atoms with E-state index in [0.717, 1.165) is 31.8 Å². The summed E-state index contributed by atoms with van der Waals surface area (Å²) in [7, 11) is 0. The molecular weight excluding hydrogens is 350 g/mol. The van der Waals surface area contributed by atoms with Crippen molar-refractivity contribution in [1.82, 2.24) is 4.90 Å². The van der Waals surface area contributed by atoms with Gasteiger partial charge in [0.25, 0.3) is 0 Å². The number of ether oxygens (including phenoxy) is 2. The van der Waals surface area contributed by atoms with Crippen LogP contribution in [0, 0.1) is 6.92 Å². The van der Waals surface area contributed by atoms with Gasteiger partial charge in [-0.1, -0.05) is 23.8 Å². The SMILES string of the molecule is C=CCc1cc(C)ccc1OCCN1CC(C)OC(C)C1.O=C(O)C(=O)O. The summed E-state index contributed by atoms with van der Waals surface area (Å²) in [4.78, 5) is 20.6. The lowest BCUT2D eigenvalue weighted by molar-refractivity contribution is -0.159. The van der Waals surface area contributed by atoms with Crippen LogP contribution in [0.15, 0.2) is 30.9 Å². The monoisotopic (exact) mass is 379 g/mol. The van der Waals surface area contributed by atoms with Crippen LogP contribution in [0.3, 0.4) is 0 Å². The number of allylic oxidation sites excluding steroid dienone is 1. The van der Waals surface area contributed by atoms with Gasteiger partial charge in [0.05, 0.1) is 12.2 Å². The highest BCUT2D eigenvalue weighted by Crippen LogP contribution is 2.21. The third-order valence-corrected chi connectivity index (χ3v) is 3.92. The first kappa shape index (κ1) is 22.7. The number of aliphatic carboxylic acids is 2. The zero-order valence-corrected chi connectivity index (χ0v) is 16.2. The Hall–Kier alpha value is -2.38. The van der Waals surface area contributed by atoms with E-state index in [1.807, 2.05) is 6.08 Å². The Labute approximate surface area is 160 Å². The first-order chi connectivity index (χ1) is 12.7. The Morgan fingerprint density at radius 1 is 1.26 bits per heavy atom. The lowest BCUT2D eigenvalue weighted by Gasteiger charge is -2.35. The topological polar surface area (TPSA) is 96.3 Å². The standard InChI is InChI=1S/C18H27NO2.C2H2O4/c1-5-6-17-11-14(2)7-8-18(17)20-10-9-19-12-15(3)21-16(4)13-19;3-1(4)2(5)6/h5,7-8,11,15-16H,1,6,9-10,12-13H2,2-4H3;(H,3,4)(H,5,6). The van der Waals surface area contributed by atoms with Crippen molar-refractivity contribution >= 4 is 11.9 Å². The fourth-order valence-corrected chi connectivity index (χ4v) is 2.92. The highest BCUT2D eigenvalue weighted by Gasteiger charge is 2.21. The van der Waals surface area contributed by atoms with E-state index in [0.29, 0.717) is 18.8 Å². The highest BCUT2D eigenvalue weighted by atomic mass is 16.5. The molecule has 2 unspecified atom stereocenters. The fourth-order valence-electron chi connectivity index (χ4n) is 2.92. The average Bonchev–Trinajstić information content (AvgIpc) is 2.56. The van der Waals surface area contributed by atoms with Gasteiger partial charge < -0.3 is 19.7 Å². The maximum absolute atomic E-state index is 9.10. The molecule has 1 aromatic rings. The predicted octanol–water partition coefficient (Wildman–Crippen LogP) is 2.37. The molecule has 2 N–H and O–H groups in total. The summed E-state index contributed by atoms with van der Waals surface area (Å²) in [5.74, 6) is -2.67. The molecule has 150 valence electrons. The van der Waals surface area contributed by atoms with E-state index in [4.69, 9.17) is 29.3 Å². The Balaban J connectivity index is 0.000000527. The molecule has 1 aliphatic rings. The van der Waals surface area contributed by atoms with Gasteiger partial charge in [0.1, 0.15) is 12.4 Å². The maximum Gasteiger partial charge on any atom is 0.414 e. The minimum Gasteiger partial charge on any atom is -0.492 e. The molecule has 0 radical (unpaired) electrons. The quantitative estimate of drug-likeness (QED) is 0.578. The molecule has 1 fully saturated rings. The summed E-state index contributed by atoms with van der Waals surface area (Å²) in [5.41, 5.74) is 2.48. The van der Waals surface area contributed by atoms with Crippen LogP contribution >= 0.6 is 0 Å². The van der Waals surface area contributed by atoms with Crippen molar-refractivity contribution < 1.29 is 29.3 Å². The molecule has 7 nitrogen and oxygen atoms in total. The molecule has 27 heavy (non-hydrogen) atoms. The first-order valence-corrected chi connectivity index (χ1v) is 8.90. The number of rotatable bonds is 6. The van der Waals surface area contributed by atoms with E-state index in [1.54, 1.807) is 0 Å². The summed E-state index contributed by atoms with van der Waals surface area (Å²) in [5, 5.41) is 14.8. The van der Waals surface area contributed by atoms with E-state index in [2.05, 4.69) is 50.4 Å². The third kappa shape index (κ3) is 8.70. The number of hydrogen-bond donors (Lipinski definition) is 2. The molecule has 2 atom stereocenters. The van der Waals surface area contributed by atoms with Crippen molar-refractivity contribution in [2.24, 2.45) is 0 Å². The minimum absolute atomic E-state index is 0.310. The molecule has 0 amide bonds. The summed E-state index contributed by atoms with van der Waals surface area (Å²) < 4.78 is 11.7. The van der Waals surface area contributed by atoms with E-state index in [-0.39, 0.29) is 0 Å². The van der Waals surface area contributed by atoms with Crippen LogP contribution in [-0.2, 0) is 20.7 Å². The molecule has 1 heterocycles. The third-order valence-electron chi connectivity index (χ3n) is 3.92. The van der Waals surface area contributed by atoms with Crippen LogP contribution in [0.2, 0.25) is 0 Å². The van der Waals surface area contributed by atoms with Crippen molar-refractivity contribution in [3.05, 3.63) is 42.0 Å². The second-order valence-electron chi connectivity index (χ2n) is 6.58. The lowest BCUT2D eigenvalue weighted by Crippen LogP contribution is -2.46. The van der Waals surface area contributed by atoms with Gasteiger partial charge in [-0.3, -0.25) is 4.90 Å². The van der Waals surface area contributed by atoms with Crippen molar-refractivity contribution in [1.29, 1.82) is 0 Å². The van der Waals surface area contributed by atoms with Gasteiger partial charge in [-0.25, -0.2) is 9.59 Å². The predicted molar refractivity (Wildman–Crippen MR) is 102 cm³/mol. The maximum atomic E-state index is 9.10. The number of carboxylic acids is 2. The van der Waals surface area contributed by atoms with Crippen LogP contribution in [0.5, 0.6) is 5.75 Å². The Bertz CT molecular complexity index is 623. The molecule has 1 saturated heterocycles. The van der Waals surface area contributed by atoms with Crippen molar-refractivity contribution in [2.45, 2.75) is 39.4 Å². The Morgan fingerprint density at radius 3 is 2.37 bits per heavy atom. The molecule has 1 aromatic carbocycles. The number of carbonyl (C=O) groups is 2. The van der Waals surface area contributed by atoms with Gasteiger partial charge in [0, 0.05) is 19.6 Å². The lowest BCUT2D eigenvalue weighted by atomic mass is 10.1. The number of benzene rings is 1. The molecule has 0 aromatic heterocycles. The summed E-state index contributed by atoms with van der Waals surface area (Å²) in [6.07, 6.45) is 3.39. The van der Waals surface area contributed by atoms with E-state index in [1.165, 1.54) is 11.1 Å².